The van der Waals surface area contributed by atoms with Crippen LogP contribution in [0, 0.1) is 6.92 Å². The van der Waals surface area contributed by atoms with Gasteiger partial charge in [0, 0.05) is 63.2 Å². The van der Waals surface area contributed by atoms with Crippen LogP contribution in [0.4, 0.5) is 0 Å². The largest absolute Gasteiger partial charge is 0.336 e. The van der Waals surface area contributed by atoms with Gasteiger partial charge in [0.05, 0.1) is 5.52 Å². The molecule has 1 aliphatic rings. The Morgan fingerprint density at radius 2 is 1.81 bits per heavy atom. The summed E-state index contributed by atoms with van der Waals surface area (Å²) in [7, 11) is 3.63. The zero-order valence-corrected chi connectivity index (χ0v) is 18.1. The third-order valence-electron chi connectivity index (χ3n) is 6.38. The van der Waals surface area contributed by atoms with E-state index in [9.17, 15) is 9.59 Å². The average Bonchev–Trinajstić information content (AvgIpc) is 3.13. The minimum Gasteiger partial charge on any atom is -0.336 e. The fourth-order valence-corrected chi connectivity index (χ4v) is 4.65. The van der Waals surface area contributed by atoms with Crippen LogP contribution in [-0.4, -0.2) is 41.7 Å². The van der Waals surface area contributed by atoms with Gasteiger partial charge in [0.15, 0.2) is 5.65 Å². The van der Waals surface area contributed by atoms with Crippen molar-refractivity contribution in [2.45, 2.75) is 32.4 Å². The van der Waals surface area contributed by atoms with E-state index in [2.05, 4.69) is 27.0 Å². The number of piperidine rings is 1. The molecule has 0 radical (unpaired) electrons. The molecule has 4 aromatic rings. The van der Waals surface area contributed by atoms with Crippen LogP contribution in [0.15, 0.2) is 46.2 Å². The molecule has 0 atom stereocenters. The average molecular weight is 419 g/mol. The van der Waals surface area contributed by atoms with E-state index in [0.717, 1.165) is 49.2 Å². The number of pyridine rings is 2. The number of aryl methyl sites for hydroxylation is 3. The molecular formula is C23H26N6O2. The highest BCUT2D eigenvalue weighted by Crippen LogP contribution is 2.25. The standard InChI is InChI=1S/C23H26N6O2/c1-15-4-5-19-21(25-15)29(23(31)22(30)27(19)3)18-7-10-28(11-8-18)14-16-12-17-6-9-26(2)20(17)24-13-16/h4-6,9,12-13,18H,7-8,10-11,14H2,1-3H3. The SMILES string of the molecule is Cc1ccc2c(n1)n(C1CCN(Cc3cnc4c(ccn4C)c3)CC1)c(=O)c(=O)n2C. The minimum atomic E-state index is -0.497. The Bertz CT molecular complexity index is 1410. The maximum absolute atomic E-state index is 12.9. The molecule has 0 aliphatic carbocycles. The van der Waals surface area contributed by atoms with Gasteiger partial charge in [-0.05, 0) is 49.6 Å². The smallest absolute Gasteiger partial charge is 0.318 e. The van der Waals surface area contributed by atoms with Gasteiger partial charge in [-0.3, -0.25) is 19.1 Å². The van der Waals surface area contributed by atoms with Crippen LogP contribution in [0.2, 0.25) is 0 Å². The topological polar surface area (TPSA) is 78.0 Å². The van der Waals surface area contributed by atoms with E-state index >= 15 is 0 Å². The van der Waals surface area contributed by atoms with Gasteiger partial charge in [-0.15, -0.1) is 0 Å². The highest BCUT2D eigenvalue weighted by molar-refractivity contribution is 5.76. The van der Waals surface area contributed by atoms with E-state index in [1.165, 1.54) is 10.1 Å². The Kier molecular flexibility index (Phi) is 4.74. The fraction of sp³-hybridized carbons (Fsp3) is 0.391. The third-order valence-corrected chi connectivity index (χ3v) is 6.38. The van der Waals surface area contributed by atoms with Crippen molar-refractivity contribution in [3.63, 3.8) is 0 Å². The molecule has 0 aromatic carbocycles. The van der Waals surface area contributed by atoms with Gasteiger partial charge in [0.2, 0.25) is 0 Å². The Morgan fingerprint density at radius 1 is 1.03 bits per heavy atom. The van der Waals surface area contributed by atoms with Crippen molar-refractivity contribution in [2.75, 3.05) is 13.1 Å². The second kappa shape index (κ2) is 7.46. The molecule has 8 heteroatoms. The lowest BCUT2D eigenvalue weighted by atomic mass is 10.0. The number of likely N-dealkylation sites (tertiary alicyclic amines) is 1. The van der Waals surface area contributed by atoms with Crippen LogP contribution in [0.25, 0.3) is 22.2 Å². The van der Waals surface area contributed by atoms with Gasteiger partial charge in [0.1, 0.15) is 5.65 Å². The summed E-state index contributed by atoms with van der Waals surface area (Å²) in [5.74, 6) is 0. The lowest BCUT2D eigenvalue weighted by Gasteiger charge is -2.33. The van der Waals surface area contributed by atoms with E-state index in [1.807, 2.05) is 43.1 Å². The van der Waals surface area contributed by atoms with Gasteiger partial charge < -0.3 is 9.13 Å². The van der Waals surface area contributed by atoms with E-state index in [-0.39, 0.29) is 6.04 Å². The Hall–Kier alpha value is -3.26. The number of nitrogens with zero attached hydrogens (tertiary/aromatic N) is 6. The summed E-state index contributed by atoms with van der Waals surface area (Å²) in [4.78, 5) is 37.0. The minimum absolute atomic E-state index is 0.0239. The number of aromatic nitrogens is 5. The normalized spacial score (nSPS) is 15.8. The van der Waals surface area contributed by atoms with Crippen LogP contribution in [0.1, 0.15) is 30.1 Å². The van der Waals surface area contributed by atoms with Gasteiger partial charge in [-0.25, -0.2) is 9.97 Å². The van der Waals surface area contributed by atoms with E-state index in [0.29, 0.717) is 11.2 Å². The summed E-state index contributed by atoms with van der Waals surface area (Å²) in [6.07, 6.45) is 5.58. The Morgan fingerprint density at radius 3 is 2.58 bits per heavy atom. The molecule has 1 fully saturated rings. The molecule has 8 nitrogen and oxygen atoms in total. The first-order valence-corrected chi connectivity index (χ1v) is 10.6. The zero-order valence-electron chi connectivity index (χ0n) is 18.1. The van der Waals surface area contributed by atoms with Crippen LogP contribution in [0.5, 0.6) is 0 Å². The summed E-state index contributed by atoms with van der Waals surface area (Å²) in [6, 6.07) is 8.00. The van der Waals surface area contributed by atoms with Crippen LogP contribution >= 0.6 is 0 Å². The molecule has 160 valence electrons. The van der Waals surface area contributed by atoms with Gasteiger partial charge in [-0.2, -0.15) is 0 Å². The number of fused-ring (bicyclic) bond motifs is 2. The lowest BCUT2D eigenvalue weighted by molar-refractivity contribution is 0.179. The molecular weight excluding hydrogens is 392 g/mol. The molecule has 0 spiro atoms. The van der Waals surface area contributed by atoms with Crippen molar-refractivity contribution in [1.29, 1.82) is 0 Å². The summed E-state index contributed by atoms with van der Waals surface area (Å²) in [5.41, 5.74) is 3.32. The number of hydrogen-bond acceptors (Lipinski definition) is 5. The number of hydrogen-bond donors (Lipinski definition) is 0. The summed E-state index contributed by atoms with van der Waals surface area (Å²) in [5, 5.41) is 1.15. The first-order chi connectivity index (χ1) is 14.9. The third kappa shape index (κ3) is 3.37. The molecule has 0 bridgehead atoms. The number of rotatable bonds is 3. The Balaban J connectivity index is 1.39. The van der Waals surface area contributed by atoms with Crippen molar-refractivity contribution in [3.8, 4) is 0 Å². The lowest BCUT2D eigenvalue weighted by Crippen LogP contribution is -2.45. The molecule has 0 N–H and O–H groups in total. The summed E-state index contributed by atoms with van der Waals surface area (Å²) >= 11 is 0. The quantitative estimate of drug-likeness (QED) is 0.477. The highest BCUT2D eigenvalue weighted by Gasteiger charge is 2.25. The van der Waals surface area contributed by atoms with E-state index in [4.69, 9.17) is 0 Å². The molecule has 1 saturated heterocycles. The first-order valence-electron chi connectivity index (χ1n) is 10.6. The van der Waals surface area contributed by atoms with Gasteiger partial charge in [0.25, 0.3) is 0 Å². The predicted molar refractivity (Wildman–Crippen MR) is 120 cm³/mol. The predicted octanol–water partition coefficient (Wildman–Crippen LogP) is 2.13. The van der Waals surface area contributed by atoms with E-state index < -0.39 is 11.1 Å². The van der Waals surface area contributed by atoms with Gasteiger partial charge >= 0.3 is 11.1 Å². The van der Waals surface area contributed by atoms with Crippen molar-refractivity contribution in [2.24, 2.45) is 14.1 Å². The van der Waals surface area contributed by atoms with E-state index in [1.54, 1.807) is 11.6 Å². The monoisotopic (exact) mass is 418 g/mol. The maximum Gasteiger partial charge on any atom is 0.318 e. The maximum atomic E-state index is 12.9. The molecule has 0 unspecified atom stereocenters. The molecule has 0 saturated carbocycles. The second-order valence-electron chi connectivity index (χ2n) is 8.53. The molecule has 5 heterocycles. The van der Waals surface area contributed by atoms with Gasteiger partial charge in [-0.1, -0.05) is 0 Å². The molecule has 4 aromatic heterocycles. The van der Waals surface area contributed by atoms with Crippen molar-refractivity contribution in [3.05, 3.63) is 68.6 Å². The first kappa shape index (κ1) is 19.7. The summed E-state index contributed by atoms with van der Waals surface area (Å²) < 4.78 is 5.06. The second-order valence-corrected chi connectivity index (χ2v) is 8.53. The van der Waals surface area contributed by atoms with Crippen LogP contribution < -0.4 is 11.1 Å². The zero-order chi connectivity index (χ0) is 21.7. The molecule has 1 aliphatic heterocycles. The van der Waals surface area contributed by atoms with Crippen LogP contribution in [0.3, 0.4) is 0 Å². The molecule has 0 amide bonds. The van der Waals surface area contributed by atoms with Crippen molar-refractivity contribution in [1.82, 2.24) is 28.6 Å². The Labute approximate surface area is 179 Å². The molecule has 31 heavy (non-hydrogen) atoms. The van der Waals surface area contributed by atoms with Crippen molar-refractivity contribution < 1.29 is 0 Å². The molecule has 5 rings (SSSR count). The summed E-state index contributed by atoms with van der Waals surface area (Å²) in [6.45, 7) is 4.44. The fourth-order valence-electron chi connectivity index (χ4n) is 4.65. The van der Waals surface area contributed by atoms with Crippen molar-refractivity contribution >= 4 is 22.2 Å². The highest BCUT2D eigenvalue weighted by atomic mass is 16.2. The van der Waals surface area contributed by atoms with Crippen LogP contribution in [-0.2, 0) is 20.6 Å².